The van der Waals surface area contributed by atoms with Gasteiger partial charge < -0.3 is 15.0 Å². The number of carbonyl (C=O) groups excluding carboxylic acids is 1. The maximum atomic E-state index is 11.3. The largest absolute Gasteiger partial charge is 0.389 e. The molecule has 0 saturated carbocycles. The van der Waals surface area contributed by atoms with E-state index in [0.717, 1.165) is 31.8 Å². The van der Waals surface area contributed by atoms with Gasteiger partial charge in [0, 0.05) is 39.5 Å². The zero-order valence-corrected chi connectivity index (χ0v) is 12.3. The summed E-state index contributed by atoms with van der Waals surface area (Å²) in [6.07, 6.45) is 6.33. The van der Waals surface area contributed by atoms with Crippen LogP contribution in [0.25, 0.3) is 0 Å². The smallest absolute Gasteiger partial charge is 0.219 e. The summed E-state index contributed by atoms with van der Waals surface area (Å²) in [6.45, 7) is 2.32. The number of nitrogens with one attached hydrogen (secondary N) is 1. The Labute approximate surface area is 119 Å². The molecular formula is C14H24N4O2. The number of carbonyl (C=O) groups is 1. The average Bonchev–Trinajstić information content (AvgIpc) is 2.82. The molecule has 20 heavy (non-hydrogen) atoms. The lowest BCUT2D eigenvalue weighted by Crippen LogP contribution is -2.48. The van der Waals surface area contributed by atoms with Crippen LogP contribution >= 0.6 is 0 Å². The number of piperidine rings is 1. The summed E-state index contributed by atoms with van der Waals surface area (Å²) in [5.74, 6) is 0.986. The van der Waals surface area contributed by atoms with E-state index in [1.807, 2.05) is 17.8 Å². The second-order valence-corrected chi connectivity index (χ2v) is 5.67. The number of likely N-dealkylation sites (tertiary alicyclic amines) is 1. The van der Waals surface area contributed by atoms with Crippen LogP contribution < -0.4 is 5.32 Å². The Morgan fingerprint density at radius 2 is 2.40 bits per heavy atom. The monoisotopic (exact) mass is 280 g/mol. The highest BCUT2D eigenvalue weighted by atomic mass is 16.3. The van der Waals surface area contributed by atoms with Gasteiger partial charge in [0.2, 0.25) is 5.91 Å². The quantitative estimate of drug-likeness (QED) is 0.812. The highest BCUT2D eigenvalue weighted by molar-refractivity contribution is 5.75. The van der Waals surface area contributed by atoms with Crippen molar-refractivity contribution in [3.8, 4) is 0 Å². The average molecular weight is 280 g/mol. The first kappa shape index (κ1) is 15.0. The number of aromatic nitrogens is 2. The van der Waals surface area contributed by atoms with E-state index < -0.39 is 5.60 Å². The number of rotatable bonds is 5. The Hall–Kier alpha value is -1.40. The van der Waals surface area contributed by atoms with Gasteiger partial charge in [-0.05, 0) is 25.8 Å². The molecule has 0 radical (unpaired) electrons. The molecule has 1 amide bonds. The summed E-state index contributed by atoms with van der Waals surface area (Å²) >= 11 is 0. The molecule has 1 unspecified atom stereocenters. The molecule has 1 atom stereocenters. The molecule has 2 rings (SSSR count). The maximum absolute atomic E-state index is 11.3. The van der Waals surface area contributed by atoms with E-state index in [9.17, 15) is 9.90 Å². The summed E-state index contributed by atoms with van der Waals surface area (Å²) < 4.78 is 2.00. The van der Waals surface area contributed by atoms with Crippen molar-refractivity contribution in [2.45, 2.75) is 37.8 Å². The lowest BCUT2D eigenvalue weighted by atomic mass is 9.88. The number of imidazole rings is 1. The van der Waals surface area contributed by atoms with Crippen LogP contribution in [-0.4, -0.2) is 51.2 Å². The number of aliphatic hydroxyl groups is 1. The molecule has 2 N–H and O–H groups in total. The lowest BCUT2D eigenvalue weighted by molar-refractivity contribution is -0.122. The summed E-state index contributed by atoms with van der Waals surface area (Å²) in [5.41, 5.74) is -0.754. The zero-order chi connectivity index (χ0) is 14.6. The van der Waals surface area contributed by atoms with Crippen molar-refractivity contribution in [2.75, 3.05) is 20.1 Å². The van der Waals surface area contributed by atoms with Crippen molar-refractivity contribution in [3.05, 3.63) is 18.2 Å². The van der Waals surface area contributed by atoms with E-state index in [4.69, 9.17) is 0 Å². The van der Waals surface area contributed by atoms with Gasteiger partial charge in [0.05, 0.1) is 12.1 Å². The Morgan fingerprint density at radius 1 is 1.60 bits per heavy atom. The van der Waals surface area contributed by atoms with Gasteiger partial charge in [-0.3, -0.25) is 9.69 Å². The third kappa shape index (κ3) is 3.80. The van der Waals surface area contributed by atoms with Gasteiger partial charge in [-0.1, -0.05) is 0 Å². The molecule has 0 bridgehead atoms. The third-order valence-electron chi connectivity index (χ3n) is 4.02. The van der Waals surface area contributed by atoms with Gasteiger partial charge in [-0.2, -0.15) is 0 Å². The standard InChI is InChI=1S/C14H24N4O2/c1-15-13(19)4-6-14(20)5-3-8-18(11-14)10-12-16-7-9-17(12)2/h7,9,20H,3-6,8,10-11H2,1-2H3,(H,15,19). The predicted octanol–water partition coefficient (Wildman–Crippen LogP) is 0.273. The Bertz CT molecular complexity index is 460. The van der Waals surface area contributed by atoms with Crippen LogP contribution in [-0.2, 0) is 18.4 Å². The number of aryl methyl sites for hydroxylation is 1. The Morgan fingerprint density at radius 3 is 3.05 bits per heavy atom. The number of nitrogens with zero attached hydrogens (tertiary/aromatic N) is 3. The van der Waals surface area contributed by atoms with Crippen molar-refractivity contribution < 1.29 is 9.90 Å². The minimum absolute atomic E-state index is 0.0142. The second-order valence-electron chi connectivity index (χ2n) is 5.67. The number of amides is 1. The van der Waals surface area contributed by atoms with Crippen LogP contribution in [0.15, 0.2) is 12.4 Å². The molecular weight excluding hydrogens is 256 g/mol. The van der Waals surface area contributed by atoms with Crippen LogP contribution in [0, 0.1) is 0 Å². The summed E-state index contributed by atoms with van der Waals surface area (Å²) in [7, 11) is 3.60. The molecule has 112 valence electrons. The normalized spacial score (nSPS) is 23.8. The molecule has 1 aliphatic rings. The van der Waals surface area contributed by atoms with Gasteiger partial charge in [0.25, 0.3) is 0 Å². The predicted molar refractivity (Wildman–Crippen MR) is 76.0 cm³/mol. The van der Waals surface area contributed by atoms with Crippen molar-refractivity contribution >= 4 is 5.91 Å². The van der Waals surface area contributed by atoms with Gasteiger partial charge in [-0.25, -0.2) is 4.98 Å². The highest BCUT2D eigenvalue weighted by Gasteiger charge is 2.33. The second kappa shape index (κ2) is 6.37. The fraction of sp³-hybridized carbons (Fsp3) is 0.714. The fourth-order valence-corrected chi connectivity index (χ4v) is 2.77. The van der Waals surface area contributed by atoms with E-state index in [1.54, 1.807) is 13.2 Å². The Kier molecular flexibility index (Phi) is 4.77. The van der Waals surface area contributed by atoms with E-state index in [0.29, 0.717) is 19.4 Å². The van der Waals surface area contributed by atoms with Crippen LogP contribution in [0.4, 0.5) is 0 Å². The number of β-amino-alcohol motifs (C(OH)–C–C–N with tert-alkyl or cyclic N) is 1. The van der Waals surface area contributed by atoms with E-state index in [2.05, 4.69) is 15.2 Å². The molecule has 1 fully saturated rings. The molecule has 6 nitrogen and oxygen atoms in total. The highest BCUT2D eigenvalue weighted by Crippen LogP contribution is 2.26. The topological polar surface area (TPSA) is 70.4 Å². The van der Waals surface area contributed by atoms with Crippen molar-refractivity contribution in [3.63, 3.8) is 0 Å². The van der Waals surface area contributed by atoms with Gasteiger partial charge in [0.1, 0.15) is 5.82 Å². The minimum atomic E-state index is -0.754. The van der Waals surface area contributed by atoms with Crippen LogP contribution in [0.5, 0.6) is 0 Å². The summed E-state index contributed by atoms with van der Waals surface area (Å²) in [4.78, 5) is 17.9. The molecule has 2 heterocycles. The number of hydrogen-bond donors (Lipinski definition) is 2. The first-order valence-electron chi connectivity index (χ1n) is 7.14. The molecule has 6 heteroatoms. The lowest BCUT2D eigenvalue weighted by Gasteiger charge is -2.39. The molecule has 1 aromatic heterocycles. The molecule has 1 saturated heterocycles. The van der Waals surface area contributed by atoms with Crippen molar-refractivity contribution in [2.24, 2.45) is 7.05 Å². The first-order valence-corrected chi connectivity index (χ1v) is 7.14. The van der Waals surface area contributed by atoms with E-state index in [-0.39, 0.29) is 5.91 Å². The van der Waals surface area contributed by atoms with Crippen LogP contribution in [0.1, 0.15) is 31.5 Å². The Balaban J connectivity index is 1.90. The molecule has 1 aromatic rings. The third-order valence-corrected chi connectivity index (χ3v) is 4.02. The maximum Gasteiger partial charge on any atom is 0.219 e. The van der Waals surface area contributed by atoms with Crippen molar-refractivity contribution in [1.29, 1.82) is 0 Å². The summed E-state index contributed by atoms with van der Waals surface area (Å²) in [6, 6.07) is 0. The zero-order valence-electron chi connectivity index (χ0n) is 12.3. The minimum Gasteiger partial charge on any atom is -0.389 e. The summed E-state index contributed by atoms with van der Waals surface area (Å²) in [5, 5.41) is 13.2. The molecule has 1 aliphatic heterocycles. The SMILES string of the molecule is CNC(=O)CCC1(O)CCCN(Cc2nccn2C)C1. The van der Waals surface area contributed by atoms with Crippen LogP contribution in [0.2, 0.25) is 0 Å². The molecule has 0 aromatic carbocycles. The number of hydrogen-bond acceptors (Lipinski definition) is 4. The van der Waals surface area contributed by atoms with Gasteiger partial charge >= 0.3 is 0 Å². The molecule has 0 spiro atoms. The van der Waals surface area contributed by atoms with Gasteiger partial charge in [-0.15, -0.1) is 0 Å². The van der Waals surface area contributed by atoms with Crippen molar-refractivity contribution in [1.82, 2.24) is 19.8 Å². The molecule has 0 aliphatic carbocycles. The van der Waals surface area contributed by atoms with E-state index >= 15 is 0 Å². The van der Waals surface area contributed by atoms with Crippen LogP contribution in [0.3, 0.4) is 0 Å². The fourth-order valence-electron chi connectivity index (χ4n) is 2.77. The van der Waals surface area contributed by atoms with E-state index in [1.165, 1.54) is 0 Å². The first-order chi connectivity index (χ1) is 9.52. The van der Waals surface area contributed by atoms with Gasteiger partial charge in [0.15, 0.2) is 0 Å².